The summed E-state index contributed by atoms with van der Waals surface area (Å²) in [7, 11) is 1.22. The maximum Gasteiger partial charge on any atom is 0.416 e. The highest BCUT2D eigenvalue weighted by molar-refractivity contribution is 5.78. The van der Waals surface area contributed by atoms with Crippen LogP contribution in [0.5, 0.6) is 5.75 Å². The van der Waals surface area contributed by atoms with Gasteiger partial charge in [-0.3, -0.25) is 9.69 Å². The van der Waals surface area contributed by atoms with E-state index in [-0.39, 0.29) is 47.2 Å². The van der Waals surface area contributed by atoms with Crippen LogP contribution < -0.4 is 4.74 Å². The van der Waals surface area contributed by atoms with Crippen molar-refractivity contribution < 1.29 is 68.1 Å². The predicted molar refractivity (Wildman–Crippen MR) is 179 cm³/mol. The summed E-state index contributed by atoms with van der Waals surface area (Å²) in [5.41, 5.74) is -3.72. The molecular weight excluding hydrogens is 742 g/mol. The van der Waals surface area contributed by atoms with Gasteiger partial charge in [0.25, 0.3) is 0 Å². The lowest BCUT2D eigenvalue weighted by Crippen LogP contribution is -2.39. The van der Waals surface area contributed by atoms with Gasteiger partial charge in [-0.15, -0.1) is 13.2 Å². The van der Waals surface area contributed by atoms with Gasteiger partial charge in [0.05, 0.1) is 30.8 Å². The second kappa shape index (κ2) is 17.7. The number of methoxy groups -OCH3 is 1. The number of alkyl halides is 9. The number of likely N-dealkylation sites (tertiary alicyclic amines) is 1. The Labute approximate surface area is 305 Å². The van der Waals surface area contributed by atoms with E-state index in [0.717, 1.165) is 36.1 Å². The molecule has 1 N–H and O–H groups in total. The Bertz CT molecular complexity index is 1710. The van der Waals surface area contributed by atoms with Crippen molar-refractivity contribution in [1.29, 1.82) is 0 Å². The van der Waals surface area contributed by atoms with Crippen molar-refractivity contribution in [3.8, 4) is 16.9 Å². The summed E-state index contributed by atoms with van der Waals surface area (Å²) in [6.07, 6.45) is -17.7. The molecule has 0 radical (unpaired) electrons. The molecule has 7 nitrogen and oxygen atoms in total. The highest BCUT2D eigenvalue weighted by Gasteiger charge is 2.41. The van der Waals surface area contributed by atoms with Gasteiger partial charge in [0.1, 0.15) is 24.3 Å². The first-order valence-corrected chi connectivity index (χ1v) is 16.7. The van der Waals surface area contributed by atoms with Crippen molar-refractivity contribution in [3.63, 3.8) is 0 Å². The van der Waals surface area contributed by atoms with Crippen molar-refractivity contribution in [1.82, 2.24) is 9.80 Å². The lowest BCUT2D eigenvalue weighted by molar-refractivity contribution is -0.137. The number of aliphatic hydroxyl groups is 1. The first kappa shape index (κ1) is 43.9. The summed E-state index contributed by atoms with van der Waals surface area (Å²) in [5, 5.41) is 9.17. The number of hydrogen-bond donors (Lipinski definition) is 1. The molecule has 2 saturated heterocycles. The molecule has 0 bridgehead atoms. The van der Waals surface area contributed by atoms with Crippen molar-refractivity contribution in [2.24, 2.45) is 0 Å². The second-order valence-electron chi connectivity index (χ2n) is 12.5. The zero-order valence-electron chi connectivity index (χ0n) is 29.6. The number of carbonyl (C=O) groups is 2. The number of benzene rings is 2. The molecule has 0 spiro atoms. The van der Waals surface area contributed by atoms with Crippen LogP contribution in [-0.4, -0.2) is 78.2 Å². The minimum atomic E-state index is -5.18. The Morgan fingerprint density at radius 2 is 1.63 bits per heavy atom. The molecule has 4 rings (SSSR count). The molecule has 2 aliphatic heterocycles. The maximum atomic E-state index is 15.4. The van der Waals surface area contributed by atoms with Crippen LogP contribution in [0.4, 0.5) is 48.7 Å². The normalized spacial score (nSPS) is 19.0. The number of carbonyl (C=O) groups excluding carboxylic acids is 2. The summed E-state index contributed by atoms with van der Waals surface area (Å²) in [5.74, 6) is -1.61. The summed E-state index contributed by atoms with van der Waals surface area (Å²) < 4.78 is 149. The molecule has 2 atom stereocenters. The zero-order valence-corrected chi connectivity index (χ0v) is 29.6. The third kappa shape index (κ3) is 10.4. The fourth-order valence-corrected chi connectivity index (χ4v) is 6.34. The summed E-state index contributed by atoms with van der Waals surface area (Å²) in [4.78, 5) is 27.3. The van der Waals surface area contributed by atoms with Gasteiger partial charge < -0.3 is 19.5 Å². The van der Waals surface area contributed by atoms with Crippen LogP contribution in [0.15, 0.2) is 66.8 Å². The molecule has 0 aliphatic carbocycles. The number of nitrogens with zero attached hydrogens (tertiary/aromatic N) is 2. The van der Waals surface area contributed by atoms with Crippen LogP contribution in [0.2, 0.25) is 0 Å². The van der Waals surface area contributed by atoms with Gasteiger partial charge in [0.2, 0.25) is 5.91 Å². The number of hydrogen-bond acceptors (Lipinski definition) is 5. The zero-order chi connectivity index (χ0) is 40.8. The topological polar surface area (TPSA) is 79.3 Å². The molecule has 298 valence electrons. The van der Waals surface area contributed by atoms with Gasteiger partial charge in [-0.05, 0) is 73.1 Å². The molecule has 17 heteroatoms. The highest BCUT2D eigenvalue weighted by Crippen LogP contribution is 2.42. The first-order chi connectivity index (χ1) is 25.2. The third-order valence-corrected chi connectivity index (χ3v) is 9.29. The molecule has 2 aromatic carbocycles. The van der Waals surface area contributed by atoms with Crippen LogP contribution in [0.3, 0.4) is 0 Å². The Morgan fingerprint density at radius 3 is 2.15 bits per heavy atom. The molecule has 2 amide bonds. The van der Waals surface area contributed by atoms with Crippen molar-refractivity contribution in [2.75, 3.05) is 26.8 Å². The van der Waals surface area contributed by atoms with Crippen LogP contribution in [0, 0.1) is 5.82 Å². The Kier molecular flexibility index (Phi) is 14.4. The van der Waals surface area contributed by atoms with Gasteiger partial charge in [0, 0.05) is 36.7 Å². The van der Waals surface area contributed by atoms with Gasteiger partial charge in [-0.25, -0.2) is 9.18 Å². The third-order valence-electron chi connectivity index (χ3n) is 9.29. The quantitative estimate of drug-likeness (QED) is 0.148. The maximum absolute atomic E-state index is 15.4. The minimum absolute atomic E-state index is 0.0174. The smallest absolute Gasteiger partial charge is 0.416 e. The van der Waals surface area contributed by atoms with Crippen LogP contribution in [0.1, 0.15) is 62.1 Å². The van der Waals surface area contributed by atoms with E-state index < -0.39 is 97.1 Å². The van der Waals surface area contributed by atoms with Crippen LogP contribution >= 0.6 is 0 Å². The van der Waals surface area contributed by atoms with E-state index in [1.165, 1.54) is 25.0 Å². The van der Waals surface area contributed by atoms with E-state index >= 15 is 4.39 Å². The van der Waals surface area contributed by atoms with Crippen molar-refractivity contribution in [3.05, 3.63) is 89.3 Å². The van der Waals surface area contributed by atoms with Crippen LogP contribution in [-0.2, 0) is 22.3 Å². The number of piperidine rings is 1. The largest absolute Gasteiger partial charge is 0.496 e. The number of aliphatic hydroxyl groups excluding tert-OH is 1. The van der Waals surface area contributed by atoms with Crippen molar-refractivity contribution >= 4 is 12.0 Å². The number of ether oxygens (including phenoxy) is 2. The highest BCUT2D eigenvalue weighted by atomic mass is 19.4. The molecule has 2 aromatic rings. The Balaban J connectivity index is 0.00000385. The van der Waals surface area contributed by atoms with E-state index in [9.17, 15) is 54.2 Å². The molecule has 2 heterocycles. The summed E-state index contributed by atoms with van der Waals surface area (Å²) in [6.45, 7) is 7.64. The van der Waals surface area contributed by atoms with E-state index in [1.807, 2.05) is 0 Å². The van der Waals surface area contributed by atoms with Gasteiger partial charge in [0.15, 0.2) is 0 Å². The Morgan fingerprint density at radius 1 is 1.00 bits per heavy atom. The molecule has 0 saturated carbocycles. The van der Waals surface area contributed by atoms with Gasteiger partial charge in [-0.2, -0.15) is 39.5 Å². The second-order valence-corrected chi connectivity index (χ2v) is 12.5. The molecule has 54 heavy (non-hydrogen) atoms. The molecule has 2 unspecified atom stereocenters. The number of halogens is 10. The number of rotatable bonds is 10. The monoisotopic (exact) mass is 782 g/mol. The lowest BCUT2D eigenvalue weighted by Gasteiger charge is -2.32. The molecule has 0 aromatic heterocycles. The van der Waals surface area contributed by atoms with E-state index in [0.29, 0.717) is 18.9 Å². The fourth-order valence-electron chi connectivity index (χ4n) is 6.34. The number of cyclic esters (lactones) is 1. The number of amides is 2. The molecule has 2 fully saturated rings. The first-order valence-electron chi connectivity index (χ1n) is 16.7. The average molecular weight is 783 g/mol. The van der Waals surface area contributed by atoms with E-state index in [1.54, 1.807) is 0 Å². The molecule has 2 aliphatic rings. The van der Waals surface area contributed by atoms with Crippen molar-refractivity contribution in [2.45, 2.75) is 82.7 Å². The SMILES string of the molecule is C=C.CC/C(=C\C(=C/CC1OC(=O)N(Cc2cc(C(F)(F)F)ccc2-c2cc(C3CCN(C(=O)CO)CC3)c(F)cc2OC)C1C)C(F)(F)F)C(F)(F)F. The van der Waals surface area contributed by atoms with Gasteiger partial charge >= 0.3 is 24.6 Å². The van der Waals surface area contributed by atoms with E-state index in [2.05, 4.69) is 13.2 Å². The fraction of sp³-hybridized carbons (Fsp3) is 0.459. The Hall–Kier alpha value is -4.54. The van der Waals surface area contributed by atoms with Crippen LogP contribution in [0.25, 0.3) is 11.1 Å². The minimum Gasteiger partial charge on any atom is -0.496 e. The summed E-state index contributed by atoms with van der Waals surface area (Å²) >= 11 is 0. The standard InChI is InChI=1S/C35H36F10N2O5.C2H4/c1-4-22(33(37,38)39)14-24(35(43,44)45)6-8-29-19(2)47(32(50)52-29)17-21-13-23(34(40,41)42)5-7-25(21)27-15-26(28(36)16-30(27)51-3)20-9-11-46(12-10-20)31(49)18-48;1-2/h5-7,13-16,19-20,29,48H,4,8-12,17-18H2,1-3H3;1-2H2/b22-14+,24-6+;. The lowest BCUT2D eigenvalue weighted by atomic mass is 9.86. The van der Waals surface area contributed by atoms with E-state index in [4.69, 9.17) is 9.47 Å². The predicted octanol–water partition coefficient (Wildman–Crippen LogP) is 9.51. The average Bonchev–Trinajstić information content (AvgIpc) is 3.38. The molecular formula is C37H40F10N2O5. The summed E-state index contributed by atoms with van der Waals surface area (Å²) in [6, 6.07) is 4.14. The van der Waals surface area contributed by atoms with Gasteiger partial charge in [-0.1, -0.05) is 19.1 Å². The number of allylic oxidation sites excluding steroid dienone is 3.